The van der Waals surface area contributed by atoms with Gasteiger partial charge in [-0.15, -0.1) is 0 Å². The third kappa shape index (κ3) is 8.99. The van der Waals surface area contributed by atoms with E-state index in [9.17, 15) is 35.4 Å². The fourth-order valence-electron chi connectivity index (χ4n) is 7.06. The number of nitrogens with one attached hydrogen (secondary N) is 2. The summed E-state index contributed by atoms with van der Waals surface area (Å²) in [6, 6.07) is -4.54. The maximum atomic E-state index is 12.9. The van der Waals surface area contributed by atoms with Crippen LogP contribution in [-0.2, 0) is 33.2 Å². The van der Waals surface area contributed by atoms with Gasteiger partial charge in [0.2, 0.25) is 0 Å². The summed E-state index contributed by atoms with van der Waals surface area (Å²) in [6.45, 7) is 0.931. The van der Waals surface area contributed by atoms with Crippen LogP contribution >= 0.6 is 0 Å². The molecule has 0 aromatic rings. The number of nitrogens with two attached hydrogens (primary N) is 6. The standard InChI is InChI=1S/C30H58N8O13/c31-4-1-5-37-9-11-2-3-12(33)26(46-11)49-23-13(34)6-14(38-29(44)30(45)7-17(30)35)19(40)25(23)51-28-22(43)24(16(10-39)48-28)50-27-18(36)21(42)20(41)15(8-32)47-27/h11-28,37,39-43,45H,1-10,31-36H2,(H,38,44)/t11-,12+,13-,14+,15-,16+,17?,18+,19-,20+,21+,22+,23+,24+,25+,26+,27+,28-,30?/m0/s1. The van der Waals surface area contributed by atoms with E-state index in [0.29, 0.717) is 32.5 Å². The van der Waals surface area contributed by atoms with Crippen molar-refractivity contribution in [1.29, 1.82) is 0 Å². The monoisotopic (exact) mass is 738 g/mol. The molecular weight excluding hydrogens is 680 g/mol. The molecule has 5 rings (SSSR count). The molecule has 51 heavy (non-hydrogen) atoms. The lowest BCUT2D eigenvalue weighted by molar-refractivity contribution is -0.290. The predicted molar refractivity (Wildman–Crippen MR) is 175 cm³/mol. The summed E-state index contributed by atoms with van der Waals surface area (Å²) < 4.78 is 36.1. The van der Waals surface area contributed by atoms with Gasteiger partial charge in [-0.3, -0.25) is 4.79 Å². The second-order valence-electron chi connectivity index (χ2n) is 14.3. The van der Waals surface area contributed by atoms with E-state index < -0.39 is 122 Å². The number of carbonyl (C=O) groups excluding carboxylic acids is 1. The van der Waals surface area contributed by atoms with E-state index in [1.54, 1.807) is 0 Å². The topological polar surface area (TPSA) is 374 Å². The van der Waals surface area contributed by atoms with Crippen LogP contribution in [0.2, 0.25) is 0 Å². The van der Waals surface area contributed by atoms with Crippen LogP contribution < -0.4 is 45.0 Å². The first-order valence-electron chi connectivity index (χ1n) is 17.7. The van der Waals surface area contributed by atoms with E-state index in [4.69, 9.17) is 62.8 Å². The van der Waals surface area contributed by atoms with Crippen molar-refractivity contribution in [3.8, 4) is 0 Å². The van der Waals surface area contributed by atoms with Gasteiger partial charge in [-0.1, -0.05) is 0 Å². The molecule has 296 valence electrons. The number of aliphatic hydroxyl groups is 6. The summed E-state index contributed by atoms with van der Waals surface area (Å²) in [6.07, 6.45) is -14.3. The molecule has 21 heteroatoms. The summed E-state index contributed by atoms with van der Waals surface area (Å²) in [7, 11) is 0. The average molecular weight is 739 g/mol. The minimum atomic E-state index is -1.79. The van der Waals surface area contributed by atoms with Crippen LogP contribution in [0.3, 0.4) is 0 Å². The molecule has 0 radical (unpaired) electrons. The molecule has 0 spiro atoms. The molecule has 3 aliphatic heterocycles. The molecule has 20 N–H and O–H groups in total. The molecule has 5 aliphatic rings. The van der Waals surface area contributed by atoms with Crippen LogP contribution in [0, 0.1) is 0 Å². The summed E-state index contributed by atoms with van der Waals surface area (Å²) in [5.74, 6) is -0.787. The van der Waals surface area contributed by atoms with Gasteiger partial charge in [-0.2, -0.15) is 0 Å². The molecule has 3 saturated heterocycles. The lowest BCUT2D eigenvalue weighted by Gasteiger charge is -2.46. The third-order valence-corrected chi connectivity index (χ3v) is 10.5. The Kier molecular flexibility index (Phi) is 14.0. The van der Waals surface area contributed by atoms with Crippen LogP contribution in [0.4, 0.5) is 0 Å². The highest BCUT2D eigenvalue weighted by molar-refractivity contribution is 5.89. The fourth-order valence-corrected chi connectivity index (χ4v) is 7.06. The zero-order valence-electron chi connectivity index (χ0n) is 28.5. The normalized spacial score (nSPS) is 48.8. The lowest BCUT2D eigenvalue weighted by atomic mass is 9.83. The predicted octanol–water partition coefficient (Wildman–Crippen LogP) is -8.24. The quantitative estimate of drug-likeness (QED) is 0.0693. The van der Waals surface area contributed by atoms with E-state index in [1.807, 2.05) is 0 Å². The van der Waals surface area contributed by atoms with Crippen molar-refractivity contribution in [3.63, 3.8) is 0 Å². The van der Waals surface area contributed by atoms with Gasteiger partial charge < -0.3 is 104 Å². The summed E-state index contributed by atoms with van der Waals surface area (Å²) in [5, 5.41) is 70.3. The van der Waals surface area contributed by atoms with Crippen LogP contribution in [0.1, 0.15) is 32.1 Å². The molecule has 5 fully saturated rings. The first-order valence-corrected chi connectivity index (χ1v) is 17.7. The molecule has 2 saturated carbocycles. The van der Waals surface area contributed by atoms with E-state index in [0.717, 1.165) is 6.42 Å². The van der Waals surface area contributed by atoms with E-state index in [2.05, 4.69) is 10.6 Å². The Labute approximate surface area is 295 Å². The SMILES string of the molecule is NCCCNC[C@@H]1CC[C@@H](N)[C@@H](O[C@H]2[C@H](O[C@@H]3O[C@H](CO)[C@@H](O[C@H]4O[C@@H](CN)[C@@H](O)[C@H](O)[C@H]4N)[C@H]3O)[C@@H](O)[C@H](NC(=O)C3(O)CC3N)C[C@@H]2N)O1. The van der Waals surface area contributed by atoms with E-state index in [1.165, 1.54) is 0 Å². The van der Waals surface area contributed by atoms with Crippen molar-refractivity contribution in [2.24, 2.45) is 34.4 Å². The van der Waals surface area contributed by atoms with Gasteiger partial charge in [-0.05, 0) is 38.8 Å². The van der Waals surface area contributed by atoms with Gasteiger partial charge in [0.05, 0.1) is 30.8 Å². The van der Waals surface area contributed by atoms with Crippen LogP contribution in [0.15, 0.2) is 0 Å². The largest absolute Gasteiger partial charge is 0.394 e. The molecule has 0 aromatic heterocycles. The fraction of sp³-hybridized carbons (Fsp3) is 0.967. The minimum Gasteiger partial charge on any atom is -0.394 e. The highest BCUT2D eigenvalue weighted by Crippen LogP contribution is 2.37. The first-order chi connectivity index (χ1) is 24.2. The van der Waals surface area contributed by atoms with Crippen molar-refractivity contribution >= 4 is 5.91 Å². The van der Waals surface area contributed by atoms with Gasteiger partial charge in [0, 0.05) is 31.6 Å². The number of amides is 1. The third-order valence-electron chi connectivity index (χ3n) is 10.5. The molecule has 19 atom stereocenters. The zero-order chi connectivity index (χ0) is 37.2. The molecular formula is C30H58N8O13. The average Bonchev–Trinajstić information content (AvgIpc) is 3.63. The van der Waals surface area contributed by atoms with Crippen molar-refractivity contribution in [2.75, 3.05) is 32.8 Å². The van der Waals surface area contributed by atoms with Crippen molar-refractivity contribution < 1.29 is 63.9 Å². The first kappa shape index (κ1) is 40.9. The van der Waals surface area contributed by atoms with Crippen LogP contribution in [-0.4, -0.2) is 185 Å². The number of carbonyl (C=O) groups is 1. The van der Waals surface area contributed by atoms with Gasteiger partial charge in [-0.25, -0.2) is 0 Å². The van der Waals surface area contributed by atoms with Gasteiger partial charge in [0.1, 0.15) is 54.9 Å². The minimum absolute atomic E-state index is 0.0126. The Morgan fingerprint density at radius 3 is 2.12 bits per heavy atom. The van der Waals surface area contributed by atoms with Gasteiger partial charge in [0.15, 0.2) is 24.5 Å². The number of rotatable bonds is 15. The number of hydrogen-bond donors (Lipinski definition) is 14. The molecule has 2 aliphatic carbocycles. The zero-order valence-corrected chi connectivity index (χ0v) is 28.5. The summed E-state index contributed by atoms with van der Waals surface area (Å²) in [4.78, 5) is 12.9. The molecule has 2 unspecified atom stereocenters. The molecule has 0 aromatic carbocycles. The van der Waals surface area contributed by atoms with Crippen molar-refractivity contribution in [3.05, 3.63) is 0 Å². The van der Waals surface area contributed by atoms with Crippen molar-refractivity contribution in [2.45, 2.75) is 148 Å². The van der Waals surface area contributed by atoms with Crippen LogP contribution in [0.25, 0.3) is 0 Å². The maximum Gasteiger partial charge on any atom is 0.253 e. The Morgan fingerprint density at radius 1 is 0.804 bits per heavy atom. The van der Waals surface area contributed by atoms with Gasteiger partial charge >= 0.3 is 0 Å². The Bertz CT molecular complexity index is 1140. The van der Waals surface area contributed by atoms with Gasteiger partial charge in [0.25, 0.3) is 5.91 Å². The lowest BCUT2D eigenvalue weighted by Crippen LogP contribution is -2.67. The number of aliphatic hydroxyl groups excluding tert-OH is 5. The Balaban J connectivity index is 1.33. The van der Waals surface area contributed by atoms with E-state index >= 15 is 0 Å². The number of ether oxygens (including phenoxy) is 6. The molecule has 3 heterocycles. The van der Waals surface area contributed by atoms with E-state index in [-0.39, 0.29) is 25.5 Å². The highest BCUT2D eigenvalue weighted by atomic mass is 16.8. The Morgan fingerprint density at radius 2 is 1.47 bits per heavy atom. The molecule has 1 amide bonds. The second kappa shape index (κ2) is 17.5. The van der Waals surface area contributed by atoms with Crippen LogP contribution in [0.5, 0.6) is 0 Å². The summed E-state index contributed by atoms with van der Waals surface area (Å²) in [5.41, 5.74) is 34.3. The smallest absolute Gasteiger partial charge is 0.253 e. The molecule has 0 bridgehead atoms. The Hall–Kier alpha value is -1.29. The second-order valence-corrected chi connectivity index (χ2v) is 14.3. The maximum absolute atomic E-state index is 12.9. The summed E-state index contributed by atoms with van der Waals surface area (Å²) >= 11 is 0. The highest BCUT2D eigenvalue weighted by Gasteiger charge is 2.59. The number of hydrogen-bond acceptors (Lipinski definition) is 20. The molecule has 21 nitrogen and oxygen atoms in total. The van der Waals surface area contributed by atoms with Crippen molar-refractivity contribution in [1.82, 2.24) is 10.6 Å².